The Hall–Kier alpha value is -1.13. The summed E-state index contributed by atoms with van der Waals surface area (Å²) >= 11 is 0. The summed E-state index contributed by atoms with van der Waals surface area (Å²) in [7, 11) is 1.80. The fourth-order valence-electron chi connectivity index (χ4n) is 2.05. The second kappa shape index (κ2) is 5.02. The molecule has 4 heteroatoms. The summed E-state index contributed by atoms with van der Waals surface area (Å²) in [5.74, 6) is 0.289. The zero-order valence-electron chi connectivity index (χ0n) is 9.95. The van der Waals surface area contributed by atoms with Crippen molar-refractivity contribution in [3.8, 4) is 5.75 Å². The summed E-state index contributed by atoms with van der Waals surface area (Å²) in [5, 5.41) is 12.6. The molecule has 0 aliphatic heterocycles. The number of nitrogens with one attached hydrogen (secondary N) is 1. The number of aliphatic hydroxyl groups excluding tert-OH is 1. The Bertz CT molecular complexity index is 375. The molecule has 0 amide bonds. The van der Waals surface area contributed by atoms with Crippen LogP contribution in [0.15, 0.2) is 24.3 Å². The van der Waals surface area contributed by atoms with Crippen molar-refractivity contribution in [1.29, 1.82) is 0 Å². The minimum Gasteiger partial charge on any atom is -0.488 e. The van der Waals surface area contributed by atoms with Gasteiger partial charge in [-0.2, -0.15) is 0 Å². The maximum atomic E-state index is 13.4. The van der Waals surface area contributed by atoms with E-state index < -0.39 is 5.54 Å². The van der Waals surface area contributed by atoms with E-state index in [1.165, 1.54) is 6.07 Å². The fourth-order valence-corrected chi connectivity index (χ4v) is 2.05. The first kappa shape index (κ1) is 12.3. The fraction of sp³-hybridized carbons (Fsp3) is 0.538. The molecule has 1 aromatic rings. The topological polar surface area (TPSA) is 41.5 Å². The summed E-state index contributed by atoms with van der Waals surface area (Å²) in [5.41, 5.74) is -0.442. The van der Waals surface area contributed by atoms with E-state index in [1.54, 1.807) is 25.2 Å². The van der Waals surface area contributed by atoms with E-state index in [-0.39, 0.29) is 24.8 Å². The number of aliphatic hydroxyl groups is 1. The van der Waals surface area contributed by atoms with Crippen LogP contribution < -0.4 is 10.1 Å². The van der Waals surface area contributed by atoms with Gasteiger partial charge in [0.05, 0.1) is 12.1 Å². The van der Waals surface area contributed by atoms with Crippen molar-refractivity contribution >= 4 is 0 Å². The Balaban J connectivity index is 2.02. The molecule has 0 saturated heterocycles. The Kier molecular flexibility index (Phi) is 3.64. The molecule has 1 aliphatic carbocycles. The van der Waals surface area contributed by atoms with Crippen molar-refractivity contribution in [2.24, 2.45) is 5.92 Å². The second-order valence-electron chi connectivity index (χ2n) is 4.56. The average Bonchev–Trinajstić information content (AvgIpc) is 3.18. The zero-order valence-corrected chi connectivity index (χ0v) is 9.95. The molecule has 2 rings (SSSR count). The van der Waals surface area contributed by atoms with Crippen LogP contribution in [0, 0.1) is 11.7 Å². The van der Waals surface area contributed by atoms with Crippen molar-refractivity contribution < 1.29 is 14.2 Å². The summed E-state index contributed by atoms with van der Waals surface area (Å²) in [6.45, 7) is 0.286. The van der Waals surface area contributed by atoms with Gasteiger partial charge in [-0.05, 0) is 37.9 Å². The highest BCUT2D eigenvalue weighted by atomic mass is 19.1. The maximum absolute atomic E-state index is 13.4. The third kappa shape index (κ3) is 2.58. The Morgan fingerprint density at radius 2 is 2.18 bits per heavy atom. The van der Waals surface area contributed by atoms with Gasteiger partial charge in [-0.15, -0.1) is 0 Å². The molecule has 1 aliphatic rings. The molecule has 1 unspecified atom stereocenters. The zero-order chi connectivity index (χ0) is 12.3. The van der Waals surface area contributed by atoms with Crippen LogP contribution in [0.1, 0.15) is 12.8 Å². The van der Waals surface area contributed by atoms with Gasteiger partial charge in [0.2, 0.25) is 0 Å². The third-order valence-corrected chi connectivity index (χ3v) is 3.46. The Morgan fingerprint density at radius 3 is 2.71 bits per heavy atom. The van der Waals surface area contributed by atoms with Gasteiger partial charge in [-0.3, -0.25) is 0 Å². The molecular weight excluding hydrogens is 221 g/mol. The lowest BCUT2D eigenvalue weighted by Crippen LogP contribution is -2.53. The Morgan fingerprint density at radius 1 is 1.47 bits per heavy atom. The molecule has 0 bridgehead atoms. The summed E-state index contributed by atoms with van der Waals surface area (Å²) in [6, 6.07) is 6.32. The van der Waals surface area contributed by atoms with Crippen LogP contribution in [-0.2, 0) is 0 Å². The van der Waals surface area contributed by atoms with Gasteiger partial charge in [-0.1, -0.05) is 12.1 Å². The first-order chi connectivity index (χ1) is 8.22. The van der Waals surface area contributed by atoms with Gasteiger partial charge >= 0.3 is 0 Å². The molecule has 1 fully saturated rings. The van der Waals surface area contributed by atoms with Gasteiger partial charge in [0.25, 0.3) is 0 Å². The van der Waals surface area contributed by atoms with Crippen molar-refractivity contribution in [2.75, 3.05) is 20.3 Å². The van der Waals surface area contributed by atoms with Crippen LogP contribution >= 0.6 is 0 Å². The van der Waals surface area contributed by atoms with Gasteiger partial charge < -0.3 is 15.2 Å². The SMILES string of the molecule is CNC(CO)(COc1ccccc1F)C1CC1. The average molecular weight is 239 g/mol. The number of halogens is 1. The number of hydrogen-bond acceptors (Lipinski definition) is 3. The number of likely N-dealkylation sites (N-methyl/N-ethyl adjacent to an activating group) is 1. The van der Waals surface area contributed by atoms with E-state index in [0.29, 0.717) is 5.92 Å². The van der Waals surface area contributed by atoms with E-state index >= 15 is 0 Å². The standard InChI is InChI=1S/C13H18FNO2/c1-15-13(8-16,10-6-7-10)9-17-12-5-3-2-4-11(12)14/h2-5,10,15-16H,6-9H2,1H3. The smallest absolute Gasteiger partial charge is 0.165 e. The molecule has 0 radical (unpaired) electrons. The normalized spacial score (nSPS) is 18.8. The van der Waals surface area contributed by atoms with Crippen molar-refractivity contribution in [1.82, 2.24) is 5.32 Å². The highest BCUT2D eigenvalue weighted by molar-refractivity contribution is 5.24. The number of rotatable bonds is 6. The van der Waals surface area contributed by atoms with Gasteiger partial charge in [0.1, 0.15) is 6.61 Å². The highest BCUT2D eigenvalue weighted by Crippen LogP contribution is 2.39. The first-order valence-corrected chi connectivity index (χ1v) is 5.89. The second-order valence-corrected chi connectivity index (χ2v) is 4.56. The van der Waals surface area contributed by atoms with Crippen molar-refractivity contribution in [2.45, 2.75) is 18.4 Å². The van der Waals surface area contributed by atoms with Gasteiger partial charge in [0.15, 0.2) is 11.6 Å². The van der Waals surface area contributed by atoms with Crippen molar-refractivity contribution in [3.63, 3.8) is 0 Å². The molecule has 94 valence electrons. The van der Waals surface area contributed by atoms with Crippen LogP contribution in [0.4, 0.5) is 4.39 Å². The molecule has 2 N–H and O–H groups in total. The number of ether oxygens (including phenoxy) is 1. The number of hydrogen-bond donors (Lipinski definition) is 2. The molecule has 1 atom stereocenters. The summed E-state index contributed by atoms with van der Waals surface area (Å²) in [6.07, 6.45) is 2.17. The predicted molar refractivity (Wildman–Crippen MR) is 63.5 cm³/mol. The van der Waals surface area contributed by atoms with Gasteiger partial charge in [-0.25, -0.2) is 4.39 Å². The largest absolute Gasteiger partial charge is 0.488 e. The first-order valence-electron chi connectivity index (χ1n) is 5.89. The van der Waals surface area contributed by atoms with Crippen LogP contribution in [0.2, 0.25) is 0 Å². The third-order valence-electron chi connectivity index (χ3n) is 3.46. The van der Waals surface area contributed by atoms with Crippen LogP contribution in [0.5, 0.6) is 5.75 Å². The minimum absolute atomic E-state index is 0.00260. The molecule has 0 aromatic heterocycles. The maximum Gasteiger partial charge on any atom is 0.165 e. The molecule has 1 aromatic carbocycles. The monoisotopic (exact) mass is 239 g/mol. The van der Waals surface area contributed by atoms with E-state index in [1.807, 2.05) is 0 Å². The van der Waals surface area contributed by atoms with Crippen LogP contribution in [0.25, 0.3) is 0 Å². The molecule has 0 spiro atoms. The lowest BCUT2D eigenvalue weighted by atomic mass is 9.95. The van der Waals surface area contributed by atoms with E-state index in [4.69, 9.17) is 4.74 Å². The molecule has 3 nitrogen and oxygen atoms in total. The molecule has 17 heavy (non-hydrogen) atoms. The van der Waals surface area contributed by atoms with E-state index in [9.17, 15) is 9.50 Å². The van der Waals surface area contributed by atoms with E-state index in [0.717, 1.165) is 12.8 Å². The lowest BCUT2D eigenvalue weighted by molar-refractivity contribution is 0.0895. The number of para-hydroxylation sites is 1. The predicted octanol–water partition coefficient (Wildman–Crippen LogP) is 1.56. The van der Waals surface area contributed by atoms with Crippen molar-refractivity contribution in [3.05, 3.63) is 30.1 Å². The summed E-state index contributed by atoms with van der Waals surface area (Å²) in [4.78, 5) is 0. The van der Waals surface area contributed by atoms with E-state index in [2.05, 4.69) is 5.32 Å². The highest BCUT2D eigenvalue weighted by Gasteiger charge is 2.44. The quantitative estimate of drug-likeness (QED) is 0.791. The lowest BCUT2D eigenvalue weighted by Gasteiger charge is -2.31. The molecule has 0 heterocycles. The molecular formula is C13H18FNO2. The van der Waals surface area contributed by atoms with Crippen LogP contribution in [-0.4, -0.2) is 30.9 Å². The minimum atomic E-state index is -0.442. The Labute approximate surface area is 101 Å². The van der Waals surface area contributed by atoms with Gasteiger partial charge in [0, 0.05) is 0 Å². The molecule has 1 saturated carbocycles. The summed E-state index contributed by atoms with van der Waals surface area (Å²) < 4.78 is 18.9. The van der Waals surface area contributed by atoms with Crippen LogP contribution in [0.3, 0.4) is 0 Å². The number of benzene rings is 1.